The SMILES string of the molecule is Cc1ccc(CN(C)c2nnc(-c3ccccc3Cl)s2)o1. The number of halogens is 1. The summed E-state index contributed by atoms with van der Waals surface area (Å²) in [5.41, 5.74) is 0.908. The standard InChI is InChI=1S/C15H14ClN3OS/c1-10-7-8-11(20-10)9-19(2)15-18-17-14(21-15)12-5-3-4-6-13(12)16/h3-8H,9H2,1-2H3. The van der Waals surface area contributed by atoms with Gasteiger partial charge in [0.05, 0.1) is 11.6 Å². The van der Waals surface area contributed by atoms with Gasteiger partial charge in [-0.2, -0.15) is 0 Å². The van der Waals surface area contributed by atoms with Gasteiger partial charge in [0.25, 0.3) is 0 Å². The second-order valence-electron chi connectivity index (χ2n) is 4.74. The lowest BCUT2D eigenvalue weighted by atomic mass is 10.2. The number of aryl methyl sites for hydroxylation is 1. The van der Waals surface area contributed by atoms with E-state index in [1.54, 1.807) is 0 Å². The third-order valence-electron chi connectivity index (χ3n) is 3.03. The van der Waals surface area contributed by atoms with Gasteiger partial charge in [-0.05, 0) is 25.1 Å². The van der Waals surface area contributed by atoms with E-state index in [1.165, 1.54) is 11.3 Å². The minimum absolute atomic E-state index is 0.658. The van der Waals surface area contributed by atoms with Crippen LogP contribution >= 0.6 is 22.9 Å². The number of furan rings is 1. The van der Waals surface area contributed by atoms with Crippen molar-refractivity contribution in [2.24, 2.45) is 0 Å². The molecule has 0 aliphatic rings. The molecule has 2 heterocycles. The Morgan fingerprint density at radius 1 is 1.19 bits per heavy atom. The van der Waals surface area contributed by atoms with Crippen molar-refractivity contribution in [1.82, 2.24) is 10.2 Å². The lowest BCUT2D eigenvalue weighted by Crippen LogP contribution is -2.15. The van der Waals surface area contributed by atoms with Gasteiger partial charge >= 0.3 is 0 Å². The van der Waals surface area contributed by atoms with Crippen molar-refractivity contribution >= 4 is 28.1 Å². The molecule has 3 rings (SSSR count). The molecule has 0 fully saturated rings. The number of anilines is 1. The highest BCUT2D eigenvalue weighted by molar-refractivity contribution is 7.18. The van der Waals surface area contributed by atoms with E-state index in [1.807, 2.05) is 55.3 Å². The van der Waals surface area contributed by atoms with Crippen LogP contribution in [0.15, 0.2) is 40.8 Å². The Balaban J connectivity index is 1.80. The maximum absolute atomic E-state index is 6.19. The Hall–Kier alpha value is -1.85. The van der Waals surface area contributed by atoms with Gasteiger partial charge in [0.1, 0.15) is 11.5 Å². The molecule has 21 heavy (non-hydrogen) atoms. The third kappa shape index (κ3) is 3.09. The molecule has 108 valence electrons. The van der Waals surface area contributed by atoms with Crippen LogP contribution in [0, 0.1) is 6.92 Å². The van der Waals surface area contributed by atoms with Gasteiger partial charge < -0.3 is 9.32 Å². The zero-order valence-electron chi connectivity index (χ0n) is 11.7. The molecule has 3 aromatic rings. The molecule has 0 unspecified atom stereocenters. The molecule has 0 spiro atoms. The van der Waals surface area contributed by atoms with Gasteiger partial charge in [-0.25, -0.2) is 0 Å². The third-order valence-corrected chi connectivity index (χ3v) is 4.43. The fourth-order valence-electron chi connectivity index (χ4n) is 1.98. The number of aromatic nitrogens is 2. The van der Waals surface area contributed by atoms with E-state index in [2.05, 4.69) is 10.2 Å². The molecule has 6 heteroatoms. The van der Waals surface area contributed by atoms with Gasteiger partial charge in [-0.3, -0.25) is 0 Å². The molecular formula is C15H14ClN3OS. The lowest BCUT2D eigenvalue weighted by Gasteiger charge is -2.12. The van der Waals surface area contributed by atoms with Crippen LogP contribution in [0.5, 0.6) is 0 Å². The number of rotatable bonds is 4. The van der Waals surface area contributed by atoms with E-state index < -0.39 is 0 Å². The summed E-state index contributed by atoms with van der Waals surface area (Å²) in [6.07, 6.45) is 0. The summed E-state index contributed by atoms with van der Waals surface area (Å²) < 4.78 is 5.58. The first kappa shape index (κ1) is 14.1. The summed E-state index contributed by atoms with van der Waals surface area (Å²) in [4.78, 5) is 2.01. The number of hydrogen-bond donors (Lipinski definition) is 0. The van der Waals surface area contributed by atoms with Crippen LogP contribution in [0.25, 0.3) is 10.6 Å². The Morgan fingerprint density at radius 2 is 2.00 bits per heavy atom. The first-order valence-electron chi connectivity index (χ1n) is 6.48. The lowest BCUT2D eigenvalue weighted by molar-refractivity contribution is 0.481. The van der Waals surface area contributed by atoms with Crippen LogP contribution in [-0.2, 0) is 6.54 Å². The van der Waals surface area contributed by atoms with Crippen LogP contribution in [0.1, 0.15) is 11.5 Å². The number of benzene rings is 1. The van der Waals surface area contributed by atoms with Crippen molar-refractivity contribution in [3.05, 3.63) is 52.9 Å². The average Bonchev–Trinajstić information content (AvgIpc) is 3.09. The van der Waals surface area contributed by atoms with Gasteiger partial charge in [0.2, 0.25) is 5.13 Å². The highest BCUT2D eigenvalue weighted by Gasteiger charge is 2.13. The van der Waals surface area contributed by atoms with E-state index in [0.29, 0.717) is 11.6 Å². The van der Waals surface area contributed by atoms with Crippen molar-refractivity contribution in [1.29, 1.82) is 0 Å². The first-order chi connectivity index (χ1) is 10.1. The first-order valence-corrected chi connectivity index (χ1v) is 7.68. The Kier molecular flexibility index (Phi) is 3.94. The molecule has 0 saturated carbocycles. The average molecular weight is 320 g/mol. The smallest absolute Gasteiger partial charge is 0.208 e. The Morgan fingerprint density at radius 3 is 2.71 bits per heavy atom. The van der Waals surface area contributed by atoms with E-state index in [0.717, 1.165) is 27.2 Å². The maximum atomic E-state index is 6.19. The predicted molar refractivity (Wildman–Crippen MR) is 85.9 cm³/mol. The molecule has 0 saturated heterocycles. The van der Waals surface area contributed by atoms with Crippen LogP contribution < -0.4 is 4.90 Å². The topological polar surface area (TPSA) is 42.2 Å². The Labute approximate surface area is 132 Å². The van der Waals surface area contributed by atoms with Crippen molar-refractivity contribution in [3.63, 3.8) is 0 Å². The van der Waals surface area contributed by atoms with Crippen LogP contribution in [-0.4, -0.2) is 17.2 Å². The van der Waals surface area contributed by atoms with Crippen molar-refractivity contribution in [3.8, 4) is 10.6 Å². The Bertz CT molecular complexity index is 753. The van der Waals surface area contributed by atoms with Crippen molar-refractivity contribution in [2.45, 2.75) is 13.5 Å². The summed E-state index contributed by atoms with van der Waals surface area (Å²) in [6.45, 7) is 2.59. The molecule has 0 aliphatic carbocycles. The molecule has 0 amide bonds. The highest BCUT2D eigenvalue weighted by atomic mass is 35.5. The molecule has 0 radical (unpaired) electrons. The van der Waals surface area contributed by atoms with E-state index in [-0.39, 0.29) is 0 Å². The highest BCUT2D eigenvalue weighted by Crippen LogP contribution is 2.33. The van der Waals surface area contributed by atoms with E-state index in [4.69, 9.17) is 16.0 Å². The fourth-order valence-corrected chi connectivity index (χ4v) is 3.11. The minimum Gasteiger partial charge on any atom is -0.464 e. The number of nitrogens with zero attached hydrogens (tertiary/aromatic N) is 3. The zero-order chi connectivity index (χ0) is 14.8. The monoisotopic (exact) mass is 319 g/mol. The quantitative estimate of drug-likeness (QED) is 0.715. The second kappa shape index (κ2) is 5.87. The largest absolute Gasteiger partial charge is 0.464 e. The normalized spacial score (nSPS) is 10.8. The molecule has 0 N–H and O–H groups in total. The molecule has 1 aromatic carbocycles. The second-order valence-corrected chi connectivity index (χ2v) is 6.10. The van der Waals surface area contributed by atoms with Crippen LogP contribution in [0.4, 0.5) is 5.13 Å². The maximum Gasteiger partial charge on any atom is 0.208 e. The van der Waals surface area contributed by atoms with Gasteiger partial charge in [0, 0.05) is 12.6 Å². The van der Waals surface area contributed by atoms with Crippen LogP contribution in [0.3, 0.4) is 0 Å². The summed E-state index contributed by atoms with van der Waals surface area (Å²) in [5.74, 6) is 1.82. The van der Waals surface area contributed by atoms with E-state index >= 15 is 0 Å². The van der Waals surface area contributed by atoms with Crippen molar-refractivity contribution < 1.29 is 4.42 Å². The summed E-state index contributed by atoms with van der Waals surface area (Å²) in [6, 6.07) is 11.6. The van der Waals surface area contributed by atoms with Gasteiger partial charge in [0.15, 0.2) is 5.01 Å². The fraction of sp³-hybridized carbons (Fsp3) is 0.200. The molecule has 0 atom stereocenters. The molecule has 0 aliphatic heterocycles. The molecular weight excluding hydrogens is 306 g/mol. The van der Waals surface area contributed by atoms with E-state index in [9.17, 15) is 0 Å². The van der Waals surface area contributed by atoms with Gasteiger partial charge in [-0.15, -0.1) is 10.2 Å². The summed E-state index contributed by atoms with van der Waals surface area (Å²) in [5, 5.41) is 10.8. The zero-order valence-corrected chi connectivity index (χ0v) is 13.3. The minimum atomic E-state index is 0.658. The predicted octanol–water partition coefficient (Wildman–Crippen LogP) is 4.40. The van der Waals surface area contributed by atoms with Gasteiger partial charge in [-0.1, -0.05) is 41.1 Å². The number of hydrogen-bond acceptors (Lipinski definition) is 5. The van der Waals surface area contributed by atoms with Crippen molar-refractivity contribution in [2.75, 3.05) is 11.9 Å². The molecule has 0 bridgehead atoms. The summed E-state index contributed by atoms with van der Waals surface area (Å²) in [7, 11) is 1.97. The summed E-state index contributed by atoms with van der Waals surface area (Å²) >= 11 is 7.70. The molecule has 4 nitrogen and oxygen atoms in total. The molecule has 2 aromatic heterocycles. The van der Waals surface area contributed by atoms with Crippen LogP contribution in [0.2, 0.25) is 5.02 Å².